The van der Waals surface area contributed by atoms with Crippen LogP contribution < -0.4 is 15.9 Å². The Labute approximate surface area is 220 Å². The zero-order chi connectivity index (χ0) is 25.0. The van der Waals surface area contributed by atoms with E-state index in [2.05, 4.69) is 158 Å². The Kier molecular flexibility index (Phi) is 6.67. The molecule has 180 valence electrons. The molecule has 1 heterocycles. The van der Waals surface area contributed by atoms with Gasteiger partial charge in [-0.05, 0) is 35.0 Å². The Morgan fingerprint density at radius 3 is 1.57 bits per heavy atom. The van der Waals surface area contributed by atoms with Gasteiger partial charge in [-0.25, -0.2) is 0 Å². The van der Waals surface area contributed by atoms with Crippen LogP contribution in [0.4, 0.5) is 0 Å². The Morgan fingerprint density at radius 2 is 1.00 bits per heavy atom. The molecule has 0 saturated carbocycles. The van der Waals surface area contributed by atoms with E-state index in [4.69, 9.17) is 4.99 Å². The third-order valence-electron chi connectivity index (χ3n) is 7.01. The summed E-state index contributed by atoms with van der Waals surface area (Å²) in [7, 11) is 1.45. The van der Waals surface area contributed by atoms with E-state index in [1.54, 1.807) is 0 Å². The van der Waals surface area contributed by atoms with Gasteiger partial charge >= 0.3 is 0 Å². The average Bonchev–Trinajstić information content (AvgIpc) is 3.32. The van der Waals surface area contributed by atoms with Crippen LogP contribution in [0.25, 0.3) is 0 Å². The second-order valence-corrected chi connectivity index (χ2v) is 11.5. The summed E-state index contributed by atoms with van der Waals surface area (Å²) < 4.78 is 0. The molecule has 1 aliphatic heterocycles. The van der Waals surface area contributed by atoms with Gasteiger partial charge in [0.1, 0.15) is 11.9 Å². The summed E-state index contributed by atoms with van der Waals surface area (Å²) in [5, 5.41) is 4.02. The van der Waals surface area contributed by atoms with Gasteiger partial charge in [0.05, 0.1) is 6.04 Å². The Bertz CT molecular complexity index is 1450. The van der Waals surface area contributed by atoms with Gasteiger partial charge in [-0.1, -0.05) is 146 Å². The molecule has 37 heavy (non-hydrogen) atoms. The topological polar surface area (TPSA) is 15.6 Å². The van der Waals surface area contributed by atoms with Crippen LogP contribution in [0.5, 0.6) is 0 Å². The summed E-state index contributed by atoms with van der Waals surface area (Å²) in [5.74, 6) is 1.05. The summed E-state index contributed by atoms with van der Waals surface area (Å²) >= 11 is 0. The van der Waals surface area contributed by atoms with Crippen molar-refractivity contribution in [1.82, 2.24) is 4.90 Å². The molecule has 2 nitrogen and oxygen atoms in total. The van der Waals surface area contributed by atoms with Gasteiger partial charge in [-0.15, -0.1) is 0 Å². The standard InChI is InChI=1S/C34H29N2P/c1-36-33(27-18-8-3-9-19-27)32(26-16-6-2-7-17-26)35-34(36)30-24-14-15-25-31(30)37(28-20-10-4-11-21-28)29-22-12-5-13-23-29/h2-25,32-33H,1H3/t32-,33-/m0/s1/i1+1,35+1,36+1. The highest BCUT2D eigenvalue weighted by Crippen LogP contribution is 2.43. The normalized spacial score (nSPS) is 17.1. The minimum Gasteiger partial charge on any atom is -0.350 e. The van der Waals surface area contributed by atoms with E-state index in [0.29, 0.717) is 0 Å². The van der Waals surface area contributed by atoms with Gasteiger partial charge in [-0.3, -0.25) is 4.99 Å². The number of likely N-dealkylation sites (N-methyl/N-ethyl adjacent to an activating group) is 1. The average molecular weight is 500 g/mol. The number of hydrogen-bond acceptors (Lipinski definition) is 2. The van der Waals surface area contributed by atoms with Crippen LogP contribution in [0, 0.1) is 0 Å². The first-order chi connectivity index (χ1) is 18.3. The van der Waals surface area contributed by atoms with Gasteiger partial charge < -0.3 is 4.90 Å². The fraction of sp³-hybridized carbons (Fsp3) is 0.0882. The number of benzene rings is 5. The lowest BCUT2D eigenvalue weighted by molar-refractivity contribution is 0.364. The quantitative estimate of drug-likeness (QED) is 0.146. The second-order valence-electron chi connectivity index (χ2n) is 9.30. The third kappa shape index (κ3) is 4.61. The molecule has 0 radical (unpaired) electrons. The monoisotopic (exact) mass is 499 g/mol. The van der Waals surface area contributed by atoms with E-state index in [1.807, 2.05) is 0 Å². The molecule has 0 amide bonds. The maximum atomic E-state index is 5.45. The van der Waals surface area contributed by atoms with Crippen LogP contribution >= 0.6 is 7.92 Å². The summed E-state index contributed by atoms with van der Waals surface area (Å²) in [6, 6.07) is 52.3. The highest BCUT2D eigenvalue weighted by Gasteiger charge is 2.37. The molecule has 0 spiro atoms. The van der Waals surface area contributed by atoms with E-state index >= 15 is 0 Å². The lowest BCUT2D eigenvalue weighted by Gasteiger charge is -2.29. The maximum Gasteiger partial charge on any atom is 0.132 e. The van der Waals surface area contributed by atoms with Crippen molar-refractivity contribution < 1.29 is 0 Å². The molecular formula is C34H29N2P. The lowest BCUT2D eigenvalue weighted by atomic mass is 9.97. The predicted molar refractivity (Wildman–Crippen MR) is 158 cm³/mol. The number of hydrogen-bond donors (Lipinski definition) is 0. The molecule has 0 N–H and O–H groups in total. The first-order valence-corrected chi connectivity index (χ1v) is 14.1. The fourth-order valence-electron chi connectivity index (χ4n) is 5.30. The van der Waals surface area contributed by atoms with Crippen LogP contribution in [-0.2, 0) is 0 Å². The smallest absolute Gasteiger partial charge is 0.132 e. The summed E-state index contributed by atoms with van der Waals surface area (Å²) in [6.45, 7) is 0. The molecule has 0 bridgehead atoms. The van der Waals surface area contributed by atoms with Gasteiger partial charge in [0.15, 0.2) is 0 Å². The highest BCUT2D eigenvalue weighted by atomic mass is 31.1. The molecule has 6 rings (SSSR count). The maximum absolute atomic E-state index is 5.45. The van der Waals surface area contributed by atoms with Crippen molar-refractivity contribution in [3.05, 3.63) is 162 Å². The van der Waals surface area contributed by atoms with Crippen LogP contribution in [-0.4, -0.2) is 17.8 Å². The molecule has 5 aromatic carbocycles. The zero-order valence-electron chi connectivity index (χ0n) is 20.9. The van der Waals surface area contributed by atoms with E-state index in [9.17, 15) is 0 Å². The Hall–Kier alpha value is -4.00. The van der Waals surface area contributed by atoms with Gasteiger partial charge in [0.25, 0.3) is 0 Å². The first kappa shape index (κ1) is 23.4. The zero-order valence-corrected chi connectivity index (χ0v) is 21.7. The molecule has 1 aliphatic rings. The molecular weight excluding hydrogens is 470 g/mol. The van der Waals surface area contributed by atoms with Crippen molar-refractivity contribution in [1.29, 1.82) is 0 Å². The highest BCUT2D eigenvalue weighted by molar-refractivity contribution is 7.80. The molecule has 5 aromatic rings. The molecule has 0 fully saturated rings. The fourth-order valence-corrected chi connectivity index (χ4v) is 7.74. The van der Waals surface area contributed by atoms with Crippen molar-refractivity contribution in [2.45, 2.75) is 12.1 Å². The minimum absolute atomic E-state index is 0.0244. The van der Waals surface area contributed by atoms with Crippen LogP contribution in [0.1, 0.15) is 28.8 Å². The van der Waals surface area contributed by atoms with Gasteiger partial charge in [0.2, 0.25) is 0 Å². The van der Waals surface area contributed by atoms with E-state index < -0.39 is 7.92 Å². The van der Waals surface area contributed by atoms with E-state index in [1.165, 1.54) is 32.6 Å². The summed E-state index contributed by atoms with van der Waals surface area (Å²) in [4.78, 5) is 7.83. The molecule has 0 saturated heterocycles. The van der Waals surface area contributed by atoms with Crippen LogP contribution in [0.2, 0.25) is 0 Å². The summed E-state index contributed by atoms with van der Waals surface area (Å²) in [6.07, 6.45) is 0. The third-order valence-corrected chi connectivity index (χ3v) is 9.51. The van der Waals surface area contributed by atoms with Gasteiger partial charge in [-0.2, -0.15) is 0 Å². The molecule has 0 unspecified atom stereocenters. The van der Waals surface area contributed by atoms with Crippen LogP contribution in [0.3, 0.4) is 0 Å². The number of aliphatic imine (C=N–C) groups is 1. The molecule has 0 aromatic heterocycles. The van der Waals surface area contributed by atoms with E-state index in [-0.39, 0.29) is 12.1 Å². The minimum atomic E-state index is -0.746. The number of amidine groups is 1. The van der Waals surface area contributed by atoms with Crippen LogP contribution in [0.15, 0.2) is 151 Å². The van der Waals surface area contributed by atoms with Crippen molar-refractivity contribution in [2.24, 2.45) is 4.99 Å². The number of nitrogens with zero attached hydrogens (tertiary/aromatic N) is 2. The largest absolute Gasteiger partial charge is 0.350 e. The Morgan fingerprint density at radius 1 is 0.541 bits per heavy atom. The van der Waals surface area contributed by atoms with Crippen molar-refractivity contribution in [2.75, 3.05) is 7.05 Å². The van der Waals surface area contributed by atoms with Crippen molar-refractivity contribution in [3.63, 3.8) is 0 Å². The second kappa shape index (κ2) is 10.5. The molecule has 3 heteroatoms. The SMILES string of the molecule is [13CH3][15N]1C(c2ccccc2P(c2ccccc2)c2ccccc2)=[15N][C@@H](c2ccccc2)[C@@H]1c1ccccc1. The predicted octanol–water partition coefficient (Wildman–Crippen LogP) is 6.62. The number of rotatable bonds is 6. The molecule has 0 aliphatic carbocycles. The van der Waals surface area contributed by atoms with Gasteiger partial charge in [0, 0.05) is 12.6 Å². The first-order valence-electron chi connectivity index (χ1n) is 12.7. The van der Waals surface area contributed by atoms with Crippen molar-refractivity contribution in [3.8, 4) is 0 Å². The lowest BCUT2D eigenvalue weighted by Crippen LogP contribution is -2.32. The van der Waals surface area contributed by atoms with E-state index in [0.717, 1.165) is 5.84 Å². The van der Waals surface area contributed by atoms with Crippen molar-refractivity contribution >= 4 is 29.7 Å². The molecule has 2 atom stereocenters. The summed E-state index contributed by atoms with van der Waals surface area (Å²) in [5.41, 5.74) is 3.73. The Balaban J connectivity index is 1.51.